The van der Waals surface area contributed by atoms with Crippen molar-refractivity contribution in [1.82, 2.24) is 4.90 Å². The average Bonchev–Trinajstić information content (AvgIpc) is 2.93. The van der Waals surface area contributed by atoms with E-state index in [0.717, 1.165) is 30.6 Å². The second kappa shape index (κ2) is 7.27. The van der Waals surface area contributed by atoms with E-state index < -0.39 is 11.6 Å². The van der Waals surface area contributed by atoms with Crippen molar-refractivity contribution in [1.29, 1.82) is 0 Å². The number of amides is 1. The van der Waals surface area contributed by atoms with Gasteiger partial charge in [0.2, 0.25) is 0 Å². The van der Waals surface area contributed by atoms with E-state index in [1.807, 2.05) is 25.7 Å². The van der Waals surface area contributed by atoms with Gasteiger partial charge in [-0.3, -0.25) is 0 Å². The van der Waals surface area contributed by atoms with Gasteiger partial charge in [0.05, 0.1) is 11.4 Å². The Bertz CT molecular complexity index is 698. The highest BCUT2D eigenvalue weighted by molar-refractivity contribution is 7.18. The molecule has 4 rings (SSSR count). The van der Waals surface area contributed by atoms with Crippen molar-refractivity contribution in [3.05, 3.63) is 15.3 Å². The maximum atomic E-state index is 12.4. The predicted molar refractivity (Wildman–Crippen MR) is 99.2 cm³/mol. The van der Waals surface area contributed by atoms with E-state index in [2.05, 4.69) is 0 Å². The van der Waals surface area contributed by atoms with Gasteiger partial charge >= 0.3 is 12.1 Å². The third kappa shape index (κ3) is 4.09. The maximum absolute atomic E-state index is 12.4. The van der Waals surface area contributed by atoms with Gasteiger partial charge in [0.25, 0.3) is 0 Å². The molecule has 1 amide bonds. The Hall–Kier alpha value is -1.47. The predicted octanol–water partition coefficient (Wildman–Crippen LogP) is 4.35. The molecule has 3 fully saturated rings. The van der Waals surface area contributed by atoms with Gasteiger partial charge in [0.1, 0.15) is 17.5 Å². The fraction of sp³-hybridized carbons (Fsp3) is 0.667. The summed E-state index contributed by atoms with van der Waals surface area (Å²) in [4.78, 5) is 26.5. The third-order valence-electron chi connectivity index (χ3n) is 4.72. The molecule has 3 atom stereocenters. The number of nitrogens with zero attached hydrogens (tertiary/aromatic N) is 1. The van der Waals surface area contributed by atoms with Crippen molar-refractivity contribution >= 4 is 35.0 Å². The number of esters is 1. The minimum atomic E-state index is -0.507. The molecule has 8 heteroatoms. The van der Waals surface area contributed by atoms with Crippen LogP contribution in [0.1, 0.15) is 49.7 Å². The molecule has 2 bridgehead atoms. The first-order valence-corrected chi connectivity index (χ1v) is 9.91. The first-order chi connectivity index (χ1) is 12.2. The molecule has 0 radical (unpaired) electrons. The van der Waals surface area contributed by atoms with Crippen LogP contribution in [0.4, 0.5) is 4.79 Å². The van der Waals surface area contributed by atoms with Crippen LogP contribution in [-0.2, 0) is 9.47 Å². The van der Waals surface area contributed by atoms with Gasteiger partial charge in [-0.05, 0) is 33.6 Å². The van der Waals surface area contributed by atoms with Crippen LogP contribution in [0.15, 0.2) is 6.07 Å². The summed E-state index contributed by atoms with van der Waals surface area (Å²) < 4.78 is 16.9. The molecule has 3 unspecified atom stereocenters. The molecule has 1 saturated carbocycles. The highest BCUT2D eigenvalue weighted by atomic mass is 35.5. The first kappa shape index (κ1) is 19.3. The molecule has 26 heavy (non-hydrogen) atoms. The summed E-state index contributed by atoms with van der Waals surface area (Å²) >= 11 is 7.20. The summed E-state index contributed by atoms with van der Waals surface area (Å²) in [6, 6.07) is 1.75. The normalized spacial score (nSPS) is 25.1. The minimum absolute atomic E-state index is 0.0542. The van der Waals surface area contributed by atoms with Gasteiger partial charge in [-0.1, -0.05) is 11.6 Å². The molecule has 2 saturated heterocycles. The van der Waals surface area contributed by atoms with E-state index in [1.54, 1.807) is 6.07 Å². The largest absolute Gasteiger partial charge is 0.488 e. The van der Waals surface area contributed by atoms with Crippen molar-refractivity contribution < 1.29 is 23.8 Å². The number of fused-ring (bicyclic) bond motifs is 3. The molecule has 2 aliphatic heterocycles. The summed E-state index contributed by atoms with van der Waals surface area (Å²) in [5.41, 5.74) is -0.507. The summed E-state index contributed by atoms with van der Waals surface area (Å²) in [6.45, 7) is 6.21. The zero-order chi connectivity index (χ0) is 19.1. The molecular weight excluding hydrogens is 378 g/mol. The number of rotatable bonds is 3. The number of ether oxygens (including phenoxy) is 3. The molecule has 0 aromatic carbocycles. The molecular formula is C18H24ClNO5S. The summed E-state index contributed by atoms with van der Waals surface area (Å²) in [5, 5.41) is 0. The number of methoxy groups -OCH3 is 1. The molecule has 0 spiro atoms. The van der Waals surface area contributed by atoms with Gasteiger partial charge < -0.3 is 19.1 Å². The molecule has 3 aliphatic rings. The Morgan fingerprint density at radius 3 is 2.62 bits per heavy atom. The smallest absolute Gasteiger partial charge is 0.410 e. The number of carbonyl (C=O) groups is 2. The number of hydrogen-bond acceptors (Lipinski definition) is 6. The van der Waals surface area contributed by atoms with E-state index >= 15 is 0 Å². The van der Waals surface area contributed by atoms with Crippen molar-refractivity contribution in [3.8, 4) is 5.75 Å². The lowest BCUT2D eigenvalue weighted by Crippen LogP contribution is -2.58. The fourth-order valence-corrected chi connectivity index (χ4v) is 4.65. The monoisotopic (exact) mass is 401 g/mol. The second-order valence-electron chi connectivity index (χ2n) is 7.75. The Labute approximate surface area is 162 Å². The van der Waals surface area contributed by atoms with Gasteiger partial charge in [-0.15, -0.1) is 11.3 Å². The number of thiophene rings is 1. The topological polar surface area (TPSA) is 65.1 Å². The van der Waals surface area contributed by atoms with Crippen molar-refractivity contribution in [2.75, 3.05) is 13.7 Å². The Kier molecular flexibility index (Phi) is 5.40. The number of hydrogen-bond donors (Lipinski definition) is 0. The van der Waals surface area contributed by atoms with Crippen LogP contribution in [0.2, 0.25) is 4.34 Å². The summed E-state index contributed by atoms with van der Waals surface area (Å²) in [5.74, 6) is 0.221. The molecule has 6 nitrogen and oxygen atoms in total. The Balaban J connectivity index is 1.69. The highest BCUT2D eigenvalue weighted by Gasteiger charge is 2.45. The van der Waals surface area contributed by atoms with Gasteiger partial charge in [0, 0.05) is 31.0 Å². The van der Waals surface area contributed by atoms with Crippen LogP contribution in [-0.4, -0.2) is 48.4 Å². The molecule has 1 aliphatic carbocycles. The van der Waals surface area contributed by atoms with Gasteiger partial charge in [0.15, 0.2) is 4.88 Å². The molecule has 1 aromatic rings. The van der Waals surface area contributed by atoms with E-state index in [9.17, 15) is 9.59 Å². The van der Waals surface area contributed by atoms with E-state index in [0.29, 0.717) is 21.5 Å². The highest BCUT2D eigenvalue weighted by Crippen LogP contribution is 2.41. The lowest BCUT2D eigenvalue weighted by molar-refractivity contribution is -0.0503. The van der Waals surface area contributed by atoms with Crippen LogP contribution < -0.4 is 4.74 Å². The van der Waals surface area contributed by atoms with E-state index in [4.69, 9.17) is 25.8 Å². The quantitative estimate of drug-likeness (QED) is 0.704. The summed E-state index contributed by atoms with van der Waals surface area (Å²) in [7, 11) is 1.33. The zero-order valence-corrected chi connectivity index (χ0v) is 17.0. The molecule has 1 aromatic heterocycles. The van der Waals surface area contributed by atoms with Crippen LogP contribution >= 0.6 is 22.9 Å². The lowest BCUT2D eigenvalue weighted by Gasteiger charge is -2.48. The van der Waals surface area contributed by atoms with Crippen LogP contribution in [0.3, 0.4) is 0 Å². The SMILES string of the molecule is COC(=O)c1sc(Cl)cc1OC1CC2CCC1CN2C(=O)OC(C)(C)C. The zero-order valence-electron chi connectivity index (χ0n) is 15.4. The van der Waals surface area contributed by atoms with Gasteiger partial charge in [-0.25, -0.2) is 9.59 Å². The molecule has 3 heterocycles. The molecule has 144 valence electrons. The van der Waals surface area contributed by atoms with Crippen LogP contribution in [0, 0.1) is 5.92 Å². The van der Waals surface area contributed by atoms with E-state index in [1.165, 1.54) is 7.11 Å². The van der Waals surface area contributed by atoms with Crippen molar-refractivity contribution in [3.63, 3.8) is 0 Å². The number of halogens is 1. The van der Waals surface area contributed by atoms with Crippen molar-refractivity contribution in [2.24, 2.45) is 5.92 Å². The summed E-state index contributed by atoms with van der Waals surface area (Å²) in [6.07, 6.45) is 2.33. The second-order valence-corrected chi connectivity index (χ2v) is 9.43. The van der Waals surface area contributed by atoms with Gasteiger partial charge in [-0.2, -0.15) is 0 Å². The fourth-order valence-electron chi connectivity index (χ4n) is 3.58. The standard InChI is InChI=1S/C18H24ClNO5S/c1-18(2,3)25-17(22)20-9-10-5-6-11(20)7-12(10)24-13-8-14(19)26-15(13)16(21)23-4/h8,10-12H,5-7,9H2,1-4H3. The van der Waals surface area contributed by atoms with Crippen LogP contribution in [0.25, 0.3) is 0 Å². The Morgan fingerprint density at radius 2 is 2.04 bits per heavy atom. The number of carbonyl (C=O) groups excluding carboxylic acids is 2. The van der Waals surface area contributed by atoms with Crippen molar-refractivity contribution in [2.45, 2.75) is 57.8 Å². The van der Waals surface area contributed by atoms with Crippen LogP contribution in [0.5, 0.6) is 5.75 Å². The first-order valence-electron chi connectivity index (χ1n) is 8.72. The molecule has 0 N–H and O–H groups in total. The third-order valence-corrected chi connectivity index (χ3v) is 5.94. The number of piperidine rings is 2. The minimum Gasteiger partial charge on any atom is -0.488 e. The maximum Gasteiger partial charge on any atom is 0.410 e. The average molecular weight is 402 g/mol. The van der Waals surface area contributed by atoms with E-state index in [-0.39, 0.29) is 24.2 Å². The Morgan fingerprint density at radius 1 is 1.31 bits per heavy atom. The lowest BCUT2D eigenvalue weighted by atomic mass is 9.78.